The van der Waals surface area contributed by atoms with E-state index in [1.165, 1.54) is 48.5 Å². The van der Waals surface area contributed by atoms with Crippen LogP contribution < -0.4 is 14.4 Å². The van der Waals surface area contributed by atoms with Crippen LogP contribution in [-0.2, 0) is 11.8 Å². The molecule has 0 saturated carbocycles. The molecule has 11 nitrogen and oxygen atoms in total. The summed E-state index contributed by atoms with van der Waals surface area (Å²) >= 11 is 0. The highest BCUT2D eigenvalue weighted by molar-refractivity contribution is 5.93. The van der Waals surface area contributed by atoms with Crippen LogP contribution in [0.1, 0.15) is 65.6 Å². The Kier molecular flexibility index (Phi) is 8.26. The first kappa shape index (κ1) is 34.0. The summed E-state index contributed by atoms with van der Waals surface area (Å²) in [6.07, 6.45) is 0.455. The van der Waals surface area contributed by atoms with Crippen molar-refractivity contribution in [1.29, 1.82) is 0 Å². The van der Waals surface area contributed by atoms with Gasteiger partial charge in [-0.15, -0.1) is 0 Å². The highest BCUT2D eigenvalue weighted by atomic mass is 16.6. The molecule has 9 rings (SSSR count). The van der Waals surface area contributed by atoms with Gasteiger partial charge in [0.1, 0.15) is 11.5 Å². The molecule has 0 aliphatic heterocycles. The van der Waals surface area contributed by atoms with Gasteiger partial charge in [-0.25, -0.2) is 9.59 Å². The number of nitro benzene ring substituents is 2. The Bertz CT molecular complexity index is 2450. The van der Waals surface area contributed by atoms with Gasteiger partial charge in [0.15, 0.2) is 0 Å². The van der Waals surface area contributed by atoms with Crippen LogP contribution in [0.5, 0.6) is 11.5 Å². The van der Waals surface area contributed by atoms with Crippen LogP contribution in [-0.4, -0.2) is 35.9 Å². The summed E-state index contributed by atoms with van der Waals surface area (Å²) in [5, 5.41) is 22.6. The number of esters is 2. The summed E-state index contributed by atoms with van der Waals surface area (Å²) in [6.45, 7) is 0. The number of carbonyl (C=O) groups excluding carboxylic acids is 2. The minimum Gasteiger partial charge on any atom is -0.423 e. The largest absolute Gasteiger partial charge is 0.423 e. The van der Waals surface area contributed by atoms with Crippen LogP contribution in [0.15, 0.2) is 133 Å². The van der Waals surface area contributed by atoms with E-state index in [1.54, 1.807) is 12.1 Å². The molecule has 0 amide bonds. The predicted molar refractivity (Wildman–Crippen MR) is 201 cm³/mol. The van der Waals surface area contributed by atoms with Crippen molar-refractivity contribution in [2.45, 2.75) is 17.8 Å². The third-order valence-corrected chi connectivity index (χ3v) is 10.3. The zero-order valence-electron chi connectivity index (χ0n) is 29.1. The fourth-order valence-electron chi connectivity index (χ4n) is 7.90. The molecule has 2 bridgehead atoms. The number of nitrogens with zero attached hydrogens (tertiary/aromatic N) is 3. The quantitative estimate of drug-likeness (QED) is 0.0624. The fraction of sp³-hybridized carbons (Fsp3) is 0.116. The summed E-state index contributed by atoms with van der Waals surface area (Å²) in [5.41, 5.74) is 6.42. The molecule has 0 unspecified atom stereocenters. The van der Waals surface area contributed by atoms with Gasteiger partial charge in [0.25, 0.3) is 11.4 Å². The normalized spacial score (nSPS) is 16.0. The average molecular weight is 718 g/mol. The lowest BCUT2D eigenvalue weighted by Gasteiger charge is -2.51. The van der Waals surface area contributed by atoms with Crippen LogP contribution in [0.25, 0.3) is 0 Å². The zero-order chi connectivity index (χ0) is 37.7. The first-order valence-corrected chi connectivity index (χ1v) is 17.1. The number of anilines is 1. The van der Waals surface area contributed by atoms with Crippen molar-refractivity contribution < 1.29 is 28.9 Å². The molecule has 0 aromatic heterocycles. The second-order valence-electron chi connectivity index (χ2n) is 13.5. The van der Waals surface area contributed by atoms with E-state index in [9.17, 15) is 29.8 Å². The average Bonchev–Trinajstić information content (AvgIpc) is 3.19. The van der Waals surface area contributed by atoms with Gasteiger partial charge in [-0.3, -0.25) is 20.2 Å². The van der Waals surface area contributed by atoms with Crippen LogP contribution in [0.2, 0.25) is 0 Å². The molecular formula is C43H31N3O8. The third kappa shape index (κ3) is 5.54. The molecule has 6 aromatic carbocycles. The van der Waals surface area contributed by atoms with E-state index in [2.05, 4.69) is 48.5 Å². The van der Waals surface area contributed by atoms with Crippen molar-refractivity contribution >= 4 is 29.0 Å². The second-order valence-corrected chi connectivity index (χ2v) is 13.5. The monoisotopic (exact) mass is 717 g/mol. The van der Waals surface area contributed by atoms with Gasteiger partial charge in [0.05, 0.1) is 26.4 Å². The van der Waals surface area contributed by atoms with Gasteiger partial charge in [-0.1, -0.05) is 60.7 Å². The number of hydrogen-bond acceptors (Lipinski definition) is 9. The van der Waals surface area contributed by atoms with Crippen molar-refractivity contribution in [3.05, 3.63) is 204 Å². The number of ether oxygens (including phenoxy) is 2. The van der Waals surface area contributed by atoms with Gasteiger partial charge in [-0.05, 0) is 82.8 Å². The van der Waals surface area contributed by atoms with Crippen molar-refractivity contribution in [2.24, 2.45) is 0 Å². The molecule has 6 aromatic rings. The number of nitro groups is 2. The zero-order valence-corrected chi connectivity index (χ0v) is 29.1. The van der Waals surface area contributed by atoms with E-state index in [0.29, 0.717) is 17.5 Å². The molecule has 0 atom stereocenters. The van der Waals surface area contributed by atoms with Gasteiger partial charge in [0, 0.05) is 61.1 Å². The minimum absolute atomic E-state index is 0.123. The van der Waals surface area contributed by atoms with Gasteiger partial charge >= 0.3 is 11.9 Å². The van der Waals surface area contributed by atoms with Crippen LogP contribution in [0.4, 0.5) is 17.1 Å². The lowest BCUT2D eigenvalue weighted by molar-refractivity contribution is -0.385. The molecule has 3 aliphatic carbocycles. The standard InChI is InChI=1S/C43H31N3O8/c1-44(2)29-17-11-26(12-18-29)25-43-34-9-5-3-7-32(34)38(33-8-4-6-10-35(33)43)39-36(53-41(47)27-13-19-30(20-14-27)45(49)50)23-24-37(40(39)43)54-42(48)28-15-21-31(22-16-28)46(51)52/h3-24,38H,25H2,1-2H3. The Balaban J connectivity index is 1.34. The molecule has 3 aliphatic rings. The van der Waals surface area contributed by atoms with E-state index in [0.717, 1.165) is 33.5 Å². The van der Waals surface area contributed by atoms with Crippen molar-refractivity contribution in [3.8, 4) is 11.5 Å². The molecule has 0 radical (unpaired) electrons. The van der Waals surface area contributed by atoms with Gasteiger partial charge < -0.3 is 14.4 Å². The maximum Gasteiger partial charge on any atom is 0.343 e. The predicted octanol–water partition coefficient (Wildman–Crippen LogP) is 8.39. The van der Waals surface area contributed by atoms with E-state index < -0.39 is 33.1 Å². The van der Waals surface area contributed by atoms with Crippen molar-refractivity contribution in [1.82, 2.24) is 0 Å². The Morgan fingerprint density at radius 1 is 0.630 bits per heavy atom. The summed E-state index contributed by atoms with van der Waals surface area (Å²) in [6, 6.07) is 38.1. The highest BCUT2D eigenvalue weighted by Crippen LogP contribution is 2.64. The van der Waals surface area contributed by atoms with Crippen LogP contribution >= 0.6 is 0 Å². The van der Waals surface area contributed by atoms with E-state index in [4.69, 9.17) is 9.47 Å². The maximum atomic E-state index is 13.8. The van der Waals surface area contributed by atoms with Crippen LogP contribution in [0.3, 0.4) is 0 Å². The van der Waals surface area contributed by atoms with E-state index in [-0.39, 0.29) is 34.0 Å². The summed E-state index contributed by atoms with van der Waals surface area (Å²) in [5.74, 6) is -1.33. The fourth-order valence-corrected chi connectivity index (χ4v) is 7.90. The molecule has 0 spiro atoms. The van der Waals surface area contributed by atoms with Crippen molar-refractivity contribution in [3.63, 3.8) is 0 Å². The molecule has 54 heavy (non-hydrogen) atoms. The molecule has 266 valence electrons. The molecule has 0 heterocycles. The lowest BCUT2D eigenvalue weighted by atomic mass is 9.51. The summed E-state index contributed by atoms with van der Waals surface area (Å²) in [4.78, 5) is 51.1. The topological polar surface area (TPSA) is 142 Å². The SMILES string of the molecule is CN(C)c1ccc(CC23c4ccccc4C(c4ccccc42)c2c(OC(=O)c4ccc([N+](=O)[O-])cc4)ccc(OC(=O)c4ccc([N+](=O)[O-])cc4)c23)cc1. The minimum atomic E-state index is -0.933. The Morgan fingerprint density at radius 3 is 1.57 bits per heavy atom. The number of carbonyl (C=O) groups is 2. The number of benzene rings is 6. The highest BCUT2D eigenvalue weighted by Gasteiger charge is 2.54. The Labute approximate surface area is 309 Å². The molecule has 11 heteroatoms. The van der Waals surface area contributed by atoms with Gasteiger partial charge in [-0.2, -0.15) is 0 Å². The lowest BCUT2D eigenvalue weighted by Crippen LogP contribution is -2.44. The molecular weight excluding hydrogens is 686 g/mol. The Morgan fingerprint density at radius 2 is 1.09 bits per heavy atom. The molecule has 0 N–H and O–H groups in total. The van der Waals surface area contributed by atoms with E-state index >= 15 is 0 Å². The second kappa shape index (κ2) is 13.1. The summed E-state index contributed by atoms with van der Waals surface area (Å²) in [7, 11) is 3.95. The maximum absolute atomic E-state index is 13.8. The van der Waals surface area contributed by atoms with Crippen molar-refractivity contribution in [2.75, 3.05) is 19.0 Å². The number of rotatable bonds is 9. The molecule has 0 saturated heterocycles. The van der Waals surface area contributed by atoms with E-state index in [1.807, 2.05) is 43.3 Å². The number of non-ortho nitro benzene ring substituents is 2. The summed E-state index contributed by atoms with van der Waals surface area (Å²) < 4.78 is 12.4. The Hall–Kier alpha value is -7.14. The first-order valence-electron chi connectivity index (χ1n) is 17.1. The first-order chi connectivity index (χ1) is 26.1. The van der Waals surface area contributed by atoms with Gasteiger partial charge in [0.2, 0.25) is 0 Å². The molecule has 0 fully saturated rings. The smallest absolute Gasteiger partial charge is 0.343 e. The van der Waals surface area contributed by atoms with Crippen LogP contribution in [0, 0.1) is 20.2 Å². The third-order valence-electron chi connectivity index (χ3n) is 10.3. The number of hydrogen-bond donors (Lipinski definition) is 0.